The Morgan fingerprint density at radius 2 is 1.79 bits per heavy atom. The van der Waals surface area contributed by atoms with Crippen molar-refractivity contribution in [2.45, 2.75) is 32.4 Å². The van der Waals surface area contributed by atoms with Crippen molar-refractivity contribution in [2.75, 3.05) is 13.1 Å². The Balaban J connectivity index is 2.29. The molecule has 0 saturated carbocycles. The number of halogens is 3. The van der Waals surface area contributed by atoms with Crippen LogP contribution < -0.4 is 0 Å². The summed E-state index contributed by atoms with van der Waals surface area (Å²) in [5.74, 6) is -3.09. The molecule has 1 heterocycles. The van der Waals surface area contributed by atoms with Crippen molar-refractivity contribution in [3.63, 3.8) is 0 Å². The third kappa shape index (κ3) is 3.12. The second-order valence-electron chi connectivity index (χ2n) is 6.53. The largest absolute Gasteiger partial charge is 0.481 e. The summed E-state index contributed by atoms with van der Waals surface area (Å²) in [4.78, 5) is 25.1. The van der Waals surface area contributed by atoms with Crippen LogP contribution in [0.1, 0.15) is 31.7 Å². The molecule has 24 heavy (non-hydrogen) atoms. The third-order valence-electron chi connectivity index (χ3n) is 4.62. The van der Waals surface area contributed by atoms with Gasteiger partial charge in [0.25, 0.3) is 0 Å². The van der Waals surface area contributed by atoms with Crippen molar-refractivity contribution in [3.8, 4) is 0 Å². The molecule has 4 nitrogen and oxygen atoms in total. The number of carboxylic acid groups (broad SMARTS) is 1. The molecule has 7 heteroatoms. The molecule has 2 rings (SSSR count). The Bertz CT molecular complexity index is 615. The summed E-state index contributed by atoms with van der Waals surface area (Å²) in [6, 6.07) is 8.83. The van der Waals surface area contributed by atoms with Gasteiger partial charge in [0.15, 0.2) is 5.41 Å². The first-order valence-electron chi connectivity index (χ1n) is 7.74. The van der Waals surface area contributed by atoms with E-state index < -0.39 is 42.4 Å². The molecule has 0 aromatic heterocycles. The zero-order valence-corrected chi connectivity index (χ0v) is 13.5. The van der Waals surface area contributed by atoms with E-state index in [1.54, 1.807) is 30.3 Å². The van der Waals surface area contributed by atoms with Crippen molar-refractivity contribution in [3.05, 3.63) is 35.9 Å². The maximum Gasteiger partial charge on any atom is 0.406 e. The summed E-state index contributed by atoms with van der Waals surface area (Å²) in [5.41, 5.74) is -2.15. The van der Waals surface area contributed by atoms with Crippen LogP contribution in [0.4, 0.5) is 13.2 Å². The number of aliphatic carboxylic acids is 1. The van der Waals surface area contributed by atoms with E-state index in [4.69, 9.17) is 5.11 Å². The lowest BCUT2D eigenvalue weighted by molar-refractivity contribution is -0.227. The Hall–Kier alpha value is -2.05. The van der Waals surface area contributed by atoms with Gasteiger partial charge in [-0.05, 0) is 17.9 Å². The molecule has 1 aromatic carbocycles. The van der Waals surface area contributed by atoms with Crippen LogP contribution in [0.15, 0.2) is 30.3 Å². The molecule has 1 aromatic rings. The molecular formula is C17H20F3NO3. The number of amides is 1. The predicted molar refractivity (Wildman–Crippen MR) is 81.3 cm³/mol. The molecular weight excluding hydrogens is 323 g/mol. The van der Waals surface area contributed by atoms with Crippen molar-refractivity contribution in [2.24, 2.45) is 11.3 Å². The van der Waals surface area contributed by atoms with Crippen molar-refractivity contribution in [1.29, 1.82) is 0 Å². The van der Waals surface area contributed by atoms with Crippen LogP contribution in [0.3, 0.4) is 0 Å². The first-order chi connectivity index (χ1) is 11.1. The van der Waals surface area contributed by atoms with E-state index in [1.165, 1.54) is 0 Å². The monoisotopic (exact) mass is 343 g/mol. The minimum atomic E-state index is -4.89. The van der Waals surface area contributed by atoms with E-state index in [1.807, 2.05) is 13.8 Å². The number of hydrogen-bond donors (Lipinski definition) is 1. The predicted octanol–water partition coefficient (Wildman–Crippen LogP) is 3.29. The molecule has 1 aliphatic heterocycles. The Morgan fingerprint density at radius 3 is 2.21 bits per heavy atom. The van der Waals surface area contributed by atoms with Crippen molar-refractivity contribution >= 4 is 11.9 Å². The fourth-order valence-electron chi connectivity index (χ4n) is 3.19. The molecule has 1 saturated heterocycles. The fraction of sp³-hybridized carbons (Fsp3) is 0.529. The van der Waals surface area contributed by atoms with Gasteiger partial charge in [-0.15, -0.1) is 0 Å². The van der Waals surface area contributed by atoms with Crippen LogP contribution in [0, 0.1) is 11.3 Å². The number of carbonyl (C=O) groups excluding carboxylic acids is 1. The molecule has 1 fully saturated rings. The van der Waals surface area contributed by atoms with Gasteiger partial charge < -0.3 is 10.0 Å². The lowest BCUT2D eigenvalue weighted by atomic mass is 9.85. The molecule has 2 unspecified atom stereocenters. The minimum Gasteiger partial charge on any atom is -0.481 e. The summed E-state index contributed by atoms with van der Waals surface area (Å²) in [5, 5.41) is 9.11. The summed E-state index contributed by atoms with van der Waals surface area (Å²) < 4.78 is 39.8. The van der Waals surface area contributed by atoms with E-state index in [2.05, 4.69) is 0 Å². The topological polar surface area (TPSA) is 57.6 Å². The molecule has 2 atom stereocenters. The zero-order chi connectivity index (χ0) is 18.1. The van der Waals surface area contributed by atoms with Gasteiger partial charge in [-0.1, -0.05) is 44.2 Å². The minimum absolute atomic E-state index is 0.120. The average Bonchev–Trinajstić information content (AvgIpc) is 2.94. The Morgan fingerprint density at radius 1 is 1.21 bits per heavy atom. The number of hydrogen-bond acceptors (Lipinski definition) is 2. The summed E-state index contributed by atoms with van der Waals surface area (Å²) in [6.45, 7) is 2.60. The van der Waals surface area contributed by atoms with E-state index in [0.717, 1.165) is 10.5 Å². The number of benzene rings is 1. The van der Waals surface area contributed by atoms with Gasteiger partial charge in [-0.25, -0.2) is 0 Å². The standard InChI is InChI=1S/C17H20F3NO3/c1-11(2)13(12-6-4-3-5-7-12)14(22)21-9-8-16(10-21,15(23)24)17(18,19)20/h3-7,11,13H,8-10H2,1-2H3,(H,23,24). The summed E-state index contributed by atoms with van der Waals surface area (Å²) in [6.07, 6.45) is -5.51. The zero-order valence-electron chi connectivity index (χ0n) is 13.5. The molecule has 0 spiro atoms. The van der Waals surface area contributed by atoms with E-state index in [9.17, 15) is 22.8 Å². The van der Waals surface area contributed by atoms with Crippen molar-refractivity contribution in [1.82, 2.24) is 4.90 Å². The van der Waals surface area contributed by atoms with Crippen LogP contribution in [-0.4, -0.2) is 41.1 Å². The van der Waals surface area contributed by atoms with Gasteiger partial charge in [-0.3, -0.25) is 9.59 Å². The molecule has 132 valence electrons. The summed E-state index contributed by atoms with van der Waals surface area (Å²) in [7, 11) is 0. The highest BCUT2D eigenvalue weighted by Crippen LogP contribution is 2.46. The molecule has 0 radical (unpaired) electrons. The second kappa shape index (κ2) is 6.45. The maximum absolute atomic E-state index is 13.3. The number of rotatable bonds is 4. The highest BCUT2D eigenvalue weighted by molar-refractivity contribution is 5.86. The van der Waals surface area contributed by atoms with E-state index in [0.29, 0.717) is 0 Å². The van der Waals surface area contributed by atoms with Gasteiger partial charge in [0.05, 0.1) is 5.92 Å². The molecule has 0 bridgehead atoms. The lowest BCUT2D eigenvalue weighted by Gasteiger charge is -2.29. The molecule has 1 N–H and O–H groups in total. The number of carboxylic acids is 1. The van der Waals surface area contributed by atoms with Crippen LogP contribution in [0.25, 0.3) is 0 Å². The second-order valence-corrected chi connectivity index (χ2v) is 6.53. The molecule has 1 aliphatic rings. The number of carbonyl (C=O) groups is 2. The average molecular weight is 343 g/mol. The molecule has 1 amide bonds. The highest BCUT2D eigenvalue weighted by Gasteiger charge is 2.64. The maximum atomic E-state index is 13.3. The SMILES string of the molecule is CC(C)C(C(=O)N1CCC(C(=O)O)(C(F)(F)F)C1)c1ccccc1. The Kier molecular flexibility index (Phi) is 4.92. The van der Waals surface area contributed by atoms with Crippen molar-refractivity contribution < 1.29 is 27.9 Å². The normalized spacial score (nSPS) is 22.7. The van der Waals surface area contributed by atoms with Crippen LogP contribution in [0.5, 0.6) is 0 Å². The third-order valence-corrected chi connectivity index (χ3v) is 4.62. The quantitative estimate of drug-likeness (QED) is 0.913. The first kappa shape index (κ1) is 18.3. The number of nitrogens with zero attached hydrogens (tertiary/aromatic N) is 1. The van der Waals surface area contributed by atoms with Crippen LogP contribution >= 0.6 is 0 Å². The van der Waals surface area contributed by atoms with Gasteiger partial charge in [0.1, 0.15) is 0 Å². The number of alkyl halides is 3. The molecule has 0 aliphatic carbocycles. The fourth-order valence-corrected chi connectivity index (χ4v) is 3.19. The lowest BCUT2D eigenvalue weighted by Crippen LogP contribution is -2.48. The summed E-state index contributed by atoms with van der Waals surface area (Å²) >= 11 is 0. The first-order valence-corrected chi connectivity index (χ1v) is 7.74. The van der Waals surface area contributed by atoms with Gasteiger partial charge in [0.2, 0.25) is 5.91 Å². The smallest absolute Gasteiger partial charge is 0.406 e. The van der Waals surface area contributed by atoms with Gasteiger partial charge in [0, 0.05) is 13.1 Å². The highest BCUT2D eigenvalue weighted by atomic mass is 19.4. The van der Waals surface area contributed by atoms with Gasteiger partial charge in [-0.2, -0.15) is 13.2 Å². The van der Waals surface area contributed by atoms with E-state index >= 15 is 0 Å². The van der Waals surface area contributed by atoms with Gasteiger partial charge >= 0.3 is 12.1 Å². The van der Waals surface area contributed by atoms with E-state index in [-0.39, 0.29) is 12.5 Å². The number of likely N-dealkylation sites (tertiary alicyclic amines) is 1. The Labute approximate surface area is 138 Å². The van der Waals surface area contributed by atoms with Crippen LogP contribution in [0.2, 0.25) is 0 Å². The van der Waals surface area contributed by atoms with Crippen LogP contribution in [-0.2, 0) is 9.59 Å².